The molecule has 0 spiro atoms. The lowest BCUT2D eigenvalue weighted by atomic mass is 10.0. The molecule has 1 aliphatic carbocycles. The van der Waals surface area contributed by atoms with Gasteiger partial charge in [0.2, 0.25) is 11.8 Å². The van der Waals surface area contributed by atoms with Gasteiger partial charge in [-0.25, -0.2) is 8.70 Å². The summed E-state index contributed by atoms with van der Waals surface area (Å²) in [5, 5.41) is 3.14. The molecule has 0 heterocycles. The lowest BCUT2D eigenvalue weighted by Gasteiger charge is -2.35. The van der Waals surface area contributed by atoms with Gasteiger partial charge in [-0.2, -0.15) is 12.7 Å². The van der Waals surface area contributed by atoms with Crippen LogP contribution in [-0.4, -0.2) is 62.2 Å². The quantitative estimate of drug-likeness (QED) is 0.336. The van der Waals surface area contributed by atoms with Crippen molar-refractivity contribution in [1.82, 2.24) is 14.5 Å². The maximum absolute atomic E-state index is 15.0. The van der Waals surface area contributed by atoms with E-state index < -0.39 is 34.5 Å². The molecule has 0 unspecified atom stereocenters. The van der Waals surface area contributed by atoms with E-state index in [1.54, 1.807) is 0 Å². The van der Waals surface area contributed by atoms with E-state index in [2.05, 4.69) is 5.32 Å². The van der Waals surface area contributed by atoms with E-state index in [1.165, 1.54) is 37.2 Å². The molecule has 10 heteroatoms. The van der Waals surface area contributed by atoms with Gasteiger partial charge in [-0.1, -0.05) is 85.1 Å². The van der Waals surface area contributed by atoms with Gasteiger partial charge < -0.3 is 10.2 Å². The Morgan fingerprint density at radius 2 is 1.52 bits per heavy atom. The average Bonchev–Trinajstić information content (AvgIpc) is 3.48. The number of carbonyl (C=O) groups excluding carboxylic acids is 2. The van der Waals surface area contributed by atoms with Gasteiger partial charge >= 0.3 is 10.2 Å². The minimum Gasteiger partial charge on any atom is -0.352 e. The Labute approximate surface area is 248 Å². The van der Waals surface area contributed by atoms with Crippen LogP contribution in [-0.2, 0) is 32.8 Å². The van der Waals surface area contributed by atoms with Crippen LogP contribution in [0.25, 0.3) is 0 Å². The van der Waals surface area contributed by atoms with E-state index >= 15 is 0 Å². The molecule has 3 aromatic rings. The number of nitrogens with zero attached hydrogens (tertiary/aromatic N) is 3. The van der Waals surface area contributed by atoms with Gasteiger partial charge in [-0.05, 0) is 43.0 Å². The molecule has 1 saturated carbocycles. The molecule has 0 saturated heterocycles. The van der Waals surface area contributed by atoms with Crippen molar-refractivity contribution in [2.24, 2.45) is 0 Å². The molecule has 42 heavy (non-hydrogen) atoms. The van der Waals surface area contributed by atoms with Crippen LogP contribution < -0.4 is 9.62 Å². The fourth-order valence-electron chi connectivity index (χ4n) is 5.17. The molecule has 0 aromatic heterocycles. The van der Waals surface area contributed by atoms with Crippen LogP contribution >= 0.6 is 0 Å². The Morgan fingerprint density at radius 1 is 0.905 bits per heavy atom. The molecule has 8 nitrogen and oxygen atoms in total. The lowest BCUT2D eigenvalue weighted by molar-refractivity contribution is -0.140. The van der Waals surface area contributed by atoms with E-state index in [0.29, 0.717) is 0 Å². The minimum atomic E-state index is -4.27. The zero-order valence-corrected chi connectivity index (χ0v) is 25.2. The Kier molecular flexibility index (Phi) is 10.3. The number of rotatable bonds is 12. The first-order valence-electron chi connectivity index (χ1n) is 14.2. The molecule has 0 aliphatic heterocycles. The fraction of sp³-hybridized carbons (Fsp3) is 0.375. The first-order valence-corrected chi connectivity index (χ1v) is 15.6. The third-order valence-electron chi connectivity index (χ3n) is 7.59. The molecule has 1 fully saturated rings. The van der Waals surface area contributed by atoms with E-state index in [9.17, 15) is 22.4 Å². The molecular weight excluding hydrogens is 555 g/mol. The molecule has 1 atom stereocenters. The monoisotopic (exact) mass is 594 g/mol. The number of halogens is 1. The SMILES string of the molecule is Cc1ccc(CN(C(=O)CN(c2ccccc2F)S(=O)(=O)N(C)C)[C@H](Cc2ccccc2)C(=O)NC2CCCC2)cc1. The Hall–Kier alpha value is -3.76. The molecule has 0 radical (unpaired) electrons. The largest absolute Gasteiger partial charge is 0.352 e. The van der Waals surface area contributed by atoms with Gasteiger partial charge in [0.15, 0.2) is 0 Å². The number of aryl methyl sites for hydroxylation is 1. The smallest absolute Gasteiger partial charge is 0.304 e. The van der Waals surface area contributed by atoms with E-state index in [1.807, 2.05) is 61.5 Å². The van der Waals surface area contributed by atoms with E-state index in [-0.39, 0.29) is 30.6 Å². The zero-order valence-electron chi connectivity index (χ0n) is 24.4. The number of carbonyl (C=O) groups is 2. The minimum absolute atomic E-state index is 0.0242. The second-order valence-corrected chi connectivity index (χ2v) is 13.0. The van der Waals surface area contributed by atoms with Crippen LogP contribution in [0.4, 0.5) is 10.1 Å². The van der Waals surface area contributed by atoms with Crippen LogP contribution in [0.2, 0.25) is 0 Å². The summed E-state index contributed by atoms with van der Waals surface area (Å²) < 4.78 is 43.5. The van der Waals surface area contributed by atoms with Crippen LogP contribution in [0.3, 0.4) is 0 Å². The molecule has 3 aromatic carbocycles. The summed E-state index contributed by atoms with van der Waals surface area (Å²) in [4.78, 5) is 29.6. The summed E-state index contributed by atoms with van der Waals surface area (Å²) in [7, 11) is -1.62. The highest BCUT2D eigenvalue weighted by molar-refractivity contribution is 7.90. The number of nitrogens with one attached hydrogen (secondary N) is 1. The molecule has 1 N–H and O–H groups in total. The normalized spacial score (nSPS) is 14.5. The first kappa shape index (κ1) is 31.2. The summed E-state index contributed by atoms with van der Waals surface area (Å²) in [6.45, 7) is 1.34. The number of para-hydroxylation sites is 1. The topological polar surface area (TPSA) is 90.0 Å². The van der Waals surface area contributed by atoms with Crippen molar-refractivity contribution in [3.8, 4) is 0 Å². The Balaban J connectivity index is 1.76. The van der Waals surface area contributed by atoms with E-state index in [0.717, 1.165) is 57.1 Å². The average molecular weight is 595 g/mol. The van der Waals surface area contributed by atoms with Crippen molar-refractivity contribution in [2.45, 2.75) is 57.7 Å². The molecule has 224 valence electrons. The highest BCUT2D eigenvalue weighted by Gasteiger charge is 2.36. The second kappa shape index (κ2) is 13.9. The van der Waals surface area contributed by atoms with Crippen molar-refractivity contribution in [2.75, 3.05) is 24.9 Å². The number of hydrogen-bond donors (Lipinski definition) is 1. The molecule has 0 bridgehead atoms. The fourth-order valence-corrected chi connectivity index (χ4v) is 6.23. The van der Waals surface area contributed by atoms with Gasteiger partial charge in [0.05, 0.1) is 5.69 Å². The number of amides is 2. The number of benzene rings is 3. The van der Waals surface area contributed by atoms with Crippen LogP contribution in [0, 0.1) is 12.7 Å². The third-order valence-corrected chi connectivity index (χ3v) is 9.39. The molecule has 1 aliphatic rings. The number of anilines is 1. The van der Waals surface area contributed by atoms with Gasteiger partial charge in [0.1, 0.15) is 18.4 Å². The lowest BCUT2D eigenvalue weighted by Crippen LogP contribution is -2.55. The predicted molar refractivity (Wildman–Crippen MR) is 162 cm³/mol. The van der Waals surface area contributed by atoms with Crippen molar-refractivity contribution in [1.29, 1.82) is 0 Å². The summed E-state index contributed by atoms with van der Waals surface area (Å²) in [5.41, 5.74) is 2.44. The van der Waals surface area contributed by atoms with Crippen molar-refractivity contribution < 1.29 is 22.4 Å². The number of hydrogen-bond acceptors (Lipinski definition) is 4. The van der Waals surface area contributed by atoms with Crippen molar-refractivity contribution in [3.05, 3.63) is 101 Å². The Morgan fingerprint density at radius 3 is 2.14 bits per heavy atom. The van der Waals surface area contributed by atoms with Gasteiger partial charge in [0, 0.05) is 33.1 Å². The molecular formula is C32H39FN4O4S. The van der Waals surface area contributed by atoms with Crippen molar-refractivity contribution in [3.63, 3.8) is 0 Å². The summed E-state index contributed by atoms with van der Waals surface area (Å²) in [6.07, 6.45) is 4.04. The van der Waals surface area contributed by atoms with Crippen molar-refractivity contribution >= 4 is 27.7 Å². The van der Waals surface area contributed by atoms with Gasteiger partial charge in [-0.3, -0.25) is 9.59 Å². The van der Waals surface area contributed by atoms with Gasteiger partial charge in [-0.15, -0.1) is 0 Å². The zero-order chi connectivity index (χ0) is 30.3. The summed E-state index contributed by atoms with van der Waals surface area (Å²) in [6, 6.07) is 21.6. The highest BCUT2D eigenvalue weighted by Crippen LogP contribution is 2.25. The Bertz CT molecular complexity index is 1460. The first-order chi connectivity index (χ1) is 20.1. The molecule has 2 amide bonds. The van der Waals surface area contributed by atoms with E-state index in [4.69, 9.17) is 0 Å². The summed E-state index contributed by atoms with van der Waals surface area (Å²) in [5.74, 6) is -1.69. The van der Waals surface area contributed by atoms with Crippen LogP contribution in [0.15, 0.2) is 78.9 Å². The van der Waals surface area contributed by atoms with Crippen LogP contribution in [0.1, 0.15) is 42.4 Å². The predicted octanol–water partition coefficient (Wildman–Crippen LogP) is 4.45. The maximum Gasteiger partial charge on any atom is 0.304 e. The second-order valence-electron chi connectivity index (χ2n) is 11.0. The standard InChI is InChI=1S/C32H39FN4O4S/c1-24-17-19-26(20-18-24)22-36(30(21-25-11-5-4-6-12-25)32(39)34-27-13-7-8-14-27)31(38)23-37(42(40,41)35(2)3)29-16-10-9-15-28(29)33/h4-6,9-12,15-20,27,30H,7-8,13-14,21-23H2,1-3H3,(H,34,39)/t30-/m1/s1. The van der Waals surface area contributed by atoms with Gasteiger partial charge in [0.25, 0.3) is 0 Å². The van der Waals surface area contributed by atoms with Crippen LogP contribution in [0.5, 0.6) is 0 Å². The summed E-state index contributed by atoms with van der Waals surface area (Å²) >= 11 is 0. The maximum atomic E-state index is 15.0. The third kappa shape index (κ3) is 7.74. The molecule has 4 rings (SSSR count). The highest BCUT2D eigenvalue weighted by atomic mass is 32.2.